The molecule has 0 amide bonds. The molecule has 1 unspecified atom stereocenters. The highest BCUT2D eigenvalue weighted by Crippen LogP contribution is 2.19. The number of aromatic nitrogens is 1. The number of ether oxygens (including phenoxy) is 1. The first-order valence-electron chi connectivity index (χ1n) is 7.15. The van der Waals surface area contributed by atoms with Crippen molar-refractivity contribution in [2.24, 2.45) is 0 Å². The van der Waals surface area contributed by atoms with Gasteiger partial charge in [0.25, 0.3) is 0 Å². The molecule has 1 fully saturated rings. The third kappa shape index (κ3) is 4.18. The zero-order valence-corrected chi connectivity index (χ0v) is 12.2. The van der Waals surface area contributed by atoms with E-state index in [1.165, 1.54) is 12.0 Å². The predicted molar refractivity (Wildman–Crippen MR) is 78.5 cm³/mol. The van der Waals surface area contributed by atoms with Gasteiger partial charge in [-0.3, -0.25) is 0 Å². The van der Waals surface area contributed by atoms with E-state index in [2.05, 4.69) is 41.2 Å². The maximum absolute atomic E-state index is 5.45. The van der Waals surface area contributed by atoms with Crippen LogP contribution in [0.15, 0.2) is 18.3 Å². The number of piperidine rings is 1. The Bertz CT molecular complexity index is 377. The van der Waals surface area contributed by atoms with Gasteiger partial charge < -0.3 is 15.0 Å². The fraction of sp³-hybridized carbons (Fsp3) is 0.667. The van der Waals surface area contributed by atoms with Crippen molar-refractivity contribution in [2.75, 3.05) is 25.1 Å². The number of rotatable bonds is 5. The molecule has 0 saturated carbocycles. The Morgan fingerprint density at radius 1 is 1.47 bits per heavy atom. The zero-order valence-electron chi connectivity index (χ0n) is 12.2. The van der Waals surface area contributed by atoms with Gasteiger partial charge in [-0.05, 0) is 24.5 Å². The molecule has 0 aliphatic carbocycles. The molecule has 1 aliphatic heterocycles. The molecular formula is C15H25N3O. The summed E-state index contributed by atoms with van der Waals surface area (Å²) in [5.74, 6) is 1.06. The van der Waals surface area contributed by atoms with E-state index in [1.54, 1.807) is 7.11 Å². The summed E-state index contributed by atoms with van der Waals surface area (Å²) in [6, 6.07) is 4.79. The molecule has 1 aromatic rings. The van der Waals surface area contributed by atoms with Gasteiger partial charge >= 0.3 is 0 Å². The molecule has 1 atom stereocenters. The van der Waals surface area contributed by atoms with Gasteiger partial charge in [-0.1, -0.05) is 19.9 Å². The average molecular weight is 263 g/mol. The Kier molecular flexibility index (Phi) is 5.16. The Balaban J connectivity index is 1.93. The Labute approximate surface area is 116 Å². The van der Waals surface area contributed by atoms with Gasteiger partial charge in [-0.15, -0.1) is 0 Å². The van der Waals surface area contributed by atoms with Gasteiger partial charge in [0.2, 0.25) is 0 Å². The van der Waals surface area contributed by atoms with Crippen molar-refractivity contribution >= 4 is 5.82 Å². The molecule has 1 aliphatic rings. The van der Waals surface area contributed by atoms with Crippen molar-refractivity contribution in [3.63, 3.8) is 0 Å². The van der Waals surface area contributed by atoms with Crippen molar-refractivity contribution in [2.45, 2.75) is 45.4 Å². The standard InChI is InChI=1S/C15H25N3O/c1-12(2)16-9-13-6-7-15(17-10-13)18-8-4-5-14(11-18)19-3/h6-7,10,12,14,16H,4-5,8-9,11H2,1-3H3. The SMILES string of the molecule is COC1CCCN(c2ccc(CNC(C)C)cn2)C1. The van der Waals surface area contributed by atoms with E-state index in [0.717, 1.165) is 31.9 Å². The van der Waals surface area contributed by atoms with Crippen LogP contribution in [0.2, 0.25) is 0 Å². The van der Waals surface area contributed by atoms with Gasteiger partial charge in [0.15, 0.2) is 0 Å². The third-order valence-corrected chi connectivity index (χ3v) is 3.56. The van der Waals surface area contributed by atoms with Crippen LogP contribution in [0.3, 0.4) is 0 Å². The number of anilines is 1. The summed E-state index contributed by atoms with van der Waals surface area (Å²) in [7, 11) is 1.79. The molecule has 2 heterocycles. The fourth-order valence-electron chi connectivity index (χ4n) is 2.37. The van der Waals surface area contributed by atoms with Gasteiger partial charge in [-0.2, -0.15) is 0 Å². The number of nitrogens with zero attached hydrogens (tertiary/aromatic N) is 2. The van der Waals surface area contributed by atoms with Crippen LogP contribution in [0.1, 0.15) is 32.3 Å². The number of hydrogen-bond acceptors (Lipinski definition) is 4. The van der Waals surface area contributed by atoms with Crippen LogP contribution < -0.4 is 10.2 Å². The van der Waals surface area contributed by atoms with Crippen molar-refractivity contribution in [1.82, 2.24) is 10.3 Å². The second-order valence-corrected chi connectivity index (χ2v) is 5.51. The predicted octanol–water partition coefficient (Wildman–Crippen LogP) is 2.19. The second kappa shape index (κ2) is 6.87. The molecule has 0 aromatic carbocycles. The van der Waals surface area contributed by atoms with E-state index in [-0.39, 0.29) is 0 Å². The molecule has 19 heavy (non-hydrogen) atoms. The third-order valence-electron chi connectivity index (χ3n) is 3.56. The van der Waals surface area contributed by atoms with Crippen molar-refractivity contribution in [3.8, 4) is 0 Å². The first kappa shape index (κ1) is 14.3. The van der Waals surface area contributed by atoms with E-state index in [9.17, 15) is 0 Å². The quantitative estimate of drug-likeness (QED) is 0.883. The van der Waals surface area contributed by atoms with E-state index in [4.69, 9.17) is 4.74 Å². The second-order valence-electron chi connectivity index (χ2n) is 5.51. The molecule has 1 aromatic heterocycles. The summed E-state index contributed by atoms with van der Waals surface area (Å²) in [6.07, 6.45) is 4.65. The number of methoxy groups -OCH3 is 1. The Hall–Kier alpha value is -1.13. The van der Waals surface area contributed by atoms with Crippen LogP contribution in [0.4, 0.5) is 5.82 Å². The van der Waals surface area contributed by atoms with Crippen molar-refractivity contribution in [1.29, 1.82) is 0 Å². The molecule has 1 saturated heterocycles. The molecular weight excluding hydrogens is 238 g/mol. The summed E-state index contributed by atoms with van der Waals surface area (Å²) < 4.78 is 5.45. The molecule has 1 N–H and O–H groups in total. The summed E-state index contributed by atoms with van der Waals surface area (Å²) in [4.78, 5) is 6.90. The largest absolute Gasteiger partial charge is 0.380 e. The van der Waals surface area contributed by atoms with Crippen LogP contribution in [-0.2, 0) is 11.3 Å². The van der Waals surface area contributed by atoms with Crippen LogP contribution in [0, 0.1) is 0 Å². The first-order valence-corrected chi connectivity index (χ1v) is 7.15. The van der Waals surface area contributed by atoms with Gasteiger partial charge in [-0.25, -0.2) is 4.98 Å². The van der Waals surface area contributed by atoms with E-state index in [0.29, 0.717) is 12.1 Å². The minimum atomic E-state index is 0.345. The van der Waals surface area contributed by atoms with Crippen LogP contribution in [0.5, 0.6) is 0 Å². The minimum absolute atomic E-state index is 0.345. The monoisotopic (exact) mass is 263 g/mol. The van der Waals surface area contributed by atoms with E-state index in [1.807, 2.05) is 6.20 Å². The lowest BCUT2D eigenvalue weighted by Gasteiger charge is -2.32. The van der Waals surface area contributed by atoms with Gasteiger partial charge in [0.05, 0.1) is 6.10 Å². The number of hydrogen-bond donors (Lipinski definition) is 1. The van der Waals surface area contributed by atoms with Gasteiger partial charge in [0, 0.05) is 39.0 Å². The zero-order chi connectivity index (χ0) is 13.7. The lowest BCUT2D eigenvalue weighted by atomic mass is 10.1. The maximum atomic E-state index is 5.45. The maximum Gasteiger partial charge on any atom is 0.128 e. The topological polar surface area (TPSA) is 37.4 Å². The molecule has 106 valence electrons. The van der Waals surface area contributed by atoms with Crippen molar-refractivity contribution in [3.05, 3.63) is 23.9 Å². The first-order chi connectivity index (χ1) is 9.19. The normalized spacial score (nSPS) is 20.0. The summed E-state index contributed by atoms with van der Waals surface area (Å²) in [5, 5.41) is 3.40. The summed E-state index contributed by atoms with van der Waals surface area (Å²) >= 11 is 0. The minimum Gasteiger partial charge on any atom is -0.380 e. The molecule has 4 heteroatoms. The summed E-state index contributed by atoms with van der Waals surface area (Å²) in [5.41, 5.74) is 1.23. The van der Waals surface area contributed by atoms with Crippen LogP contribution in [-0.4, -0.2) is 37.3 Å². The molecule has 0 spiro atoms. The number of nitrogens with one attached hydrogen (secondary N) is 1. The van der Waals surface area contributed by atoms with Crippen LogP contribution >= 0.6 is 0 Å². The van der Waals surface area contributed by atoms with Crippen LogP contribution in [0.25, 0.3) is 0 Å². The van der Waals surface area contributed by atoms with Gasteiger partial charge in [0.1, 0.15) is 5.82 Å². The molecule has 2 rings (SSSR count). The highest BCUT2D eigenvalue weighted by Gasteiger charge is 2.20. The number of pyridine rings is 1. The summed E-state index contributed by atoms with van der Waals surface area (Å²) in [6.45, 7) is 7.22. The highest BCUT2D eigenvalue weighted by molar-refractivity contribution is 5.40. The fourth-order valence-corrected chi connectivity index (χ4v) is 2.37. The highest BCUT2D eigenvalue weighted by atomic mass is 16.5. The molecule has 0 radical (unpaired) electrons. The average Bonchev–Trinajstić information content (AvgIpc) is 2.45. The molecule has 0 bridgehead atoms. The van der Waals surface area contributed by atoms with E-state index >= 15 is 0 Å². The van der Waals surface area contributed by atoms with E-state index < -0.39 is 0 Å². The van der Waals surface area contributed by atoms with Crippen molar-refractivity contribution < 1.29 is 4.74 Å². The molecule has 4 nitrogen and oxygen atoms in total. The Morgan fingerprint density at radius 3 is 2.95 bits per heavy atom. The lowest BCUT2D eigenvalue weighted by Crippen LogP contribution is -2.39. The smallest absolute Gasteiger partial charge is 0.128 e. The lowest BCUT2D eigenvalue weighted by molar-refractivity contribution is 0.0891. The Morgan fingerprint density at radius 2 is 2.32 bits per heavy atom.